The normalized spacial score (nSPS) is 11.0. The Bertz CT molecular complexity index is 423. The van der Waals surface area contributed by atoms with E-state index in [9.17, 15) is 19.2 Å². The summed E-state index contributed by atoms with van der Waals surface area (Å²) in [7, 11) is 1.19. The van der Waals surface area contributed by atoms with Gasteiger partial charge in [0.15, 0.2) is 0 Å². The first-order chi connectivity index (χ1) is 10.4. The Balaban J connectivity index is 4.41. The van der Waals surface area contributed by atoms with E-state index >= 15 is 0 Å². The van der Waals surface area contributed by atoms with E-state index in [1.165, 1.54) is 7.11 Å². The molecule has 0 saturated heterocycles. The molecule has 22 heavy (non-hydrogen) atoms. The molecule has 1 unspecified atom stereocenters. The predicted molar refractivity (Wildman–Crippen MR) is 79.7 cm³/mol. The Hall–Kier alpha value is -2.38. The minimum Gasteiger partial charge on any atom is -0.469 e. The van der Waals surface area contributed by atoms with Crippen molar-refractivity contribution >= 4 is 23.7 Å². The highest BCUT2D eigenvalue weighted by molar-refractivity contribution is 5.92. The van der Waals surface area contributed by atoms with E-state index in [0.29, 0.717) is 13.0 Å². The largest absolute Gasteiger partial charge is 0.469 e. The molecule has 0 saturated carbocycles. The van der Waals surface area contributed by atoms with Gasteiger partial charge in [0.1, 0.15) is 6.04 Å². The maximum absolute atomic E-state index is 11.8. The zero-order chi connectivity index (χ0) is 17.0. The summed E-state index contributed by atoms with van der Waals surface area (Å²) in [5.41, 5.74) is 0. The van der Waals surface area contributed by atoms with Gasteiger partial charge in [-0.2, -0.15) is 0 Å². The zero-order valence-corrected chi connectivity index (χ0v) is 12.9. The minimum atomic E-state index is -1.04. The molecule has 0 spiro atoms. The van der Waals surface area contributed by atoms with Gasteiger partial charge in [-0.3, -0.25) is 19.2 Å². The third-order valence-electron chi connectivity index (χ3n) is 2.62. The van der Waals surface area contributed by atoms with E-state index in [-0.39, 0.29) is 25.3 Å². The fourth-order valence-corrected chi connectivity index (χ4v) is 1.50. The Morgan fingerprint density at radius 3 is 2.41 bits per heavy atom. The van der Waals surface area contributed by atoms with Crippen molar-refractivity contribution in [1.29, 1.82) is 0 Å². The number of rotatable bonds is 10. The highest BCUT2D eigenvalue weighted by Crippen LogP contribution is 1.96. The minimum absolute atomic E-state index is 0.235. The molecule has 0 aromatic heterocycles. The predicted octanol–water partition coefficient (Wildman–Crippen LogP) is -0.747. The SMILES string of the molecule is C=CCCC(=O)NCC(=O)NC(CC(=O)OC)C(=O)NCC. The van der Waals surface area contributed by atoms with Gasteiger partial charge in [-0.15, -0.1) is 6.58 Å². The molecule has 3 amide bonds. The lowest BCUT2D eigenvalue weighted by Gasteiger charge is -2.17. The number of carbonyl (C=O) groups is 4. The zero-order valence-electron chi connectivity index (χ0n) is 12.9. The molecule has 0 heterocycles. The average Bonchev–Trinajstić information content (AvgIpc) is 2.50. The van der Waals surface area contributed by atoms with Crippen LogP contribution in [0.3, 0.4) is 0 Å². The van der Waals surface area contributed by atoms with Crippen LogP contribution >= 0.6 is 0 Å². The van der Waals surface area contributed by atoms with E-state index in [1.54, 1.807) is 13.0 Å². The molecule has 0 aromatic rings. The van der Waals surface area contributed by atoms with Crippen LogP contribution in [0.1, 0.15) is 26.2 Å². The molecule has 1 atom stereocenters. The van der Waals surface area contributed by atoms with E-state index in [0.717, 1.165) is 0 Å². The molecule has 8 nitrogen and oxygen atoms in total. The summed E-state index contributed by atoms with van der Waals surface area (Å²) in [6.45, 7) is 5.30. The van der Waals surface area contributed by atoms with Crippen molar-refractivity contribution in [1.82, 2.24) is 16.0 Å². The fraction of sp³-hybridized carbons (Fsp3) is 0.571. The second kappa shape index (κ2) is 11.3. The number of esters is 1. The van der Waals surface area contributed by atoms with Gasteiger partial charge in [0.25, 0.3) is 0 Å². The summed E-state index contributed by atoms with van der Waals surface area (Å²) < 4.78 is 4.48. The van der Waals surface area contributed by atoms with Crippen molar-refractivity contribution in [3.8, 4) is 0 Å². The van der Waals surface area contributed by atoms with Crippen molar-refractivity contribution in [2.75, 3.05) is 20.2 Å². The Kier molecular flexibility index (Phi) is 10.1. The molecule has 124 valence electrons. The maximum Gasteiger partial charge on any atom is 0.308 e. The number of likely N-dealkylation sites (N-methyl/N-ethyl adjacent to an activating group) is 1. The van der Waals surface area contributed by atoms with Gasteiger partial charge in [-0.25, -0.2) is 0 Å². The van der Waals surface area contributed by atoms with Crippen molar-refractivity contribution in [2.45, 2.75) is 32.2 Å². The molecular weight excluding hydrogens is 290 g/mol. The van der Waals surface area contributed by atoms with Gasteiger partial charge >= 0.3 is 5.97 Å². The Morgan fingerprint density at radius 1 is 1.18 bits per heavy atom. The summed E-state index contributed by atoms with van der Waals surface area (Å²) in [4.78, 5) is 46.1. The van der Waals surface area contributed by atoms with Gasteiger partial charge in [0, 0.05) is 13.0 Å². The summed E-state index contributed by atoms with van der Waals surface area (Å²) in [5.74, 6) is -1.96. The second-order valence-electron chi connectivity index (χ2n) is 4.40. The number of carbonyl (C=O) groups excluding carboxylic acids is 4. The van der Waals surface area contributed by atoms with Crippen molar-refractivity contribution < 1.29 is 23.9 Å². The Labute approximate surface area is 129 Å². The molecule has 3 N–H and O–H groups in total. The molecule has 0 bridgehead atoms. The molecule has 0 radical (unpaired) electrons. The first kappa shape index (κ1) is 19.6. The number of amides is 3. The first-order valence-electron chi connectivity index (χ1n) is 6.96. The van der Waals surface area contributed by atoms with Crippen LogP contribution in [-0.4, -0.2) is 49.9 Å². The van der Waals surface area contributed by atoms with Crippen molar-refractivity contribution in [3.05, 3.63) is 12.7 Å². The number of methoxy groups -OCH3 is 1. The first-order valence-corrected chi connectivity index (χ1v) is 6.96. The van der Waals surface area contributed by atoms with Crippen LogP contribution < -0.4 is 16.0 Å². The lowest BCUT2D eigenvalue weighted by atomic mass is 10.2. The highest BCUT2D eigenvalue weighted by Gasteiger charge is 2.23. The van der Waals surface area contributed by atoms with Crippen LogP contribution in [0.25, 0.3) is 0 Å². The van der Waals surface area contributed by atoms with E-state index < -0.39 is 23.8 Å². The van der Waals surface area contributed by atoms with Gasteiger partial charge < -0.3 is 20.7 Å². The third kappa shape index (κ3) is 8.72. The summed E-state index contributed by atoms with van der Waals surface area (Å²) in [5, 5.41) is 7.32. The molecular formula is C14H23N3O5. The average molecular weight is 313 g/mol. The van der Waals surface area contributed by atoms with E-state index in [2.05, 4.69) is 27.3 Å². The molecule has 0 aliphatic carbocycles. The highest BCUT2D eigenvalue weighted by atomic mass is 16.5. The van der Waals surface area contributed by atoms with Gasteiger partial charge in [0.2, 0.25) is 17.7 Å². The lowest BCUT2D eigenvalue weighted by molar-refractivity contribution is -0.143. The molecule has 0 fully saturated rings. The van der Waals surface area contributed by atoms with Crippen LogP contribution in [0.15, 0.2) is 12.7 Å². The topological polar surface area (TPSA) is 114 Å². The molecule has 8 heteroatoms. The second-order valence-corrected chi connectivity index (χ2v) is 4.40. The van der Waals surface area contributed by atoms with Crippen molar-refractivity contribution in [3.63, 3.8) is 0 Å². The van der Waals surface area contributed by atoms with E-state index in [4.69, 9.17) is 0 Å². The van der Waals surface area contributed by atoms with Gasteiger partial charge in [0.05, 0.1) is 20.1 Å². The summed E-state index contributed by atoms with van der Waals surface area (Å²) in [6.07, 6.45) is 2.07. The number of ether oxygens (including phenoxy) is 1. The van der Waals surface area contributed by atoms with Gasteiger partial charge in [-0.05, 0) is 13.3 Å². The standard InChI is InChI=1S/C14H23N3O5/c1-4-6-7-11(18)16-9-12(19)17-10(8-13(20)22-3)14(21)15-5-2/h4,10H,1,5-9H2,2-3H3,(H,15,21)(H,16,18)(H,17,19). The van der Waals surface area contributed by atoms with Crippen LogP contribution in [0.2, 0.25) is 0 Å². The summed E-state index contributed by atoms with van der Waals surface area (Å²) in [6, 6.07) is -1.04. The Morgan fingerprint density at radius 2 is 1.86 bits per heavy atom. The molecule has 0 aliphatic heterocycles. The van der Waals surface area contributed by atoms with Crippen LogP contribution in [-0.2, 0) is 23.9 Å². The smallest absolute Gasteiger partial charge is 0.308 e. The van der Waals surface area contributed by atoms with Crippen LogP contribution in [0, 0.1) is 0 Å². The summed E-state index contributed by atoms with van der Waals surface area (Å²) >= 11 is 0. The molecule has 0 aliphatic rings. The number of nitrogens with one attached hydrogen (secondary N) is 3. The number of hydrogen-bond donors (Lipinski definition) is 3. The number of hydrogen-bond acceptors (Lipinski definition) is 5. The van der Waals surface area contributed by atoms with Gasteiger partial charge in [-0.1, -0.05) is 6.08 Å². The lowest BCUT2D eigenvalue weighted by Crippen LogP contribution is -2.50. The molecule has 0 aromatic carbocycles. The van der Waals surface area contributed by atoms with Crippen LogP contribution in [0.5, 0.6) is 0 Å². The monoisotopic (exact) mass is 313 g/mol. The molecule has 0 rings (SSSR count). The fourth-order valence-electron chi connectivity index (χ4n) is 1.50. The van der Waals surface area contributed by atoms with Crippen LogP contribution in [0.4, 0.5) is 0 Å². The maximum atomic E-state index is 11.8. The number of allylic oxidation sites excluding steroid dienone is 1. The van der Waals surface area contributed by atoms with Crippen molar-refractivity contribution in [2.24, 2.45) is 0 Å². The quantitative estimate of drug-likeness (QED) is 0.363. The van der Waals surface area contributed by atoms with E-state index in [1.807, 2.05) is 0 Å². The third-order valence-corrected chi connectivity index (χ3v) is 2.62.